The molecule has 1 aliphatic rings. The Morgan fingerprint density at radius 1 is 1.00 bits per heavy atom. The molecule has 2 unspecified atom stereocenters. The van der Waals surface area contributed by atoms with Gasteiger partial charge >= 0.3 is 0 Å². The summed E-state index contributed by atoms with van der Waals surface area (Å²) < 4.78 is 5.66. The van der Waals surface area contributed by atoms with Gasteiger partial charge in [-0.25, -0.2) is 0 Å². The minimum Gasteiger partial charge on any atom is -0.377 e. The Morgan fingerprint density at radius 3 is 2.00 bits per heavy atom. The molecule has 0 amide bonds. The number of hydrogen-bond acceptors (Lipinski definition) is 2. The van der Waals surface area contributed by atoms with Gasteiger partial charge in [-0.2, -0.15) is 0 Å². The zero-order valence-corrected chi connectivity index (χ0v) is 13.9. The Kier molecular flexibility index (Phi) is 7.38. The lowest BCUT2D eigenvalue weighted by atomic mass is 9.69. The van der Waals surface area contributed by atoms with Gasteiger partial charge in [-0.15, -0.1) is 0 Å². The van der Waals surface area contributed by atoms with Gasteiger partial charge in [0.25, 0.3) is 0 Å². The van der Waals surface area contributed by atoms with Crippen molar-refractivity contribution in [2.45, 2.75) is 71.8 Å². The summed E-state index contributed by atoms with van der Waals surface area (Å²) in [6, 6.07) is 0. The highest BCUT2D eigenvalue weighted by Crippen LogP contribution is 2.42. The fraction of sp³-hybridized carbons (Fsp3) is 1.00. The van der Waals surface area contributed by atoms with Crippen molar-refractivity contribution in [3.05, 3.63) is 0 Å². The molecule has 0 aliphatic carbocycles. The summed E-state index contributed by atoms with van der Waals surface area (Å²) in [5.74, 6) is 1.68. The van der Waals surface area contributed by atoms with Crippen molar-refractivity contribution in [3.8, 4) is 0 Å². The average molecular weight is 269 g/mol. The number of nitrogens with zero attached hydrogens (tertiary/aromatic N) is 1. The molecule has 2 nitrogen and oxygen atoms in total. The van der Waals surface area contributed by atoms with E-state index in [2.05, 4.69) is 39.6 Å². The molecule has 1 fully saturated rings. The smallest absolute Gasteiger partial charge is 0.0707 e. The Labute approximate surface area is 120 Å². The molecular formula is C17H35NO. The van der Waals surface area contributed by atoms with Gasteiger partial charge in [0.05, 0.1) is 18.8 Å². The van der Waals surface area contributed by atoms with E-state index in [4.69, 9.17) is 4.74 Å². The SMILES string of the molecule is CCCC(CC)C(CCC)C1(N(C)CCC)COC1. The molecule has 0 aromatic carbocycles. The largest absolute Gasteiger partial charge is 0.377 e. The van der Waals surface area contributed by atoms with Crippen LogP contribution < -0.4 is 0 Å². The van der Waals surface area contributed by atoms with E-state index < -0.39 is 0 Å². The lowest BCUT2D eigenvalue weighted by Crippen LogP contribution is -2.66. The Hall–Kier alpha value is -0.0800. The summed E-state index contributed by atoms with van der Waals surface area (Å²) in [6.45, 7) is 12.4. The van der Waals surface area contributed by atoms with Crippen molar-refractivity contribution in [2.24, 2.45) is 11.8 Å². The summed E-state index contributed by atoms with van der Waals surface area (Å²) in [5, 5.41) is 0. The Bertz CT molecular complexity index is 237. The highest BCUT2D eigenvalue weighted by atomic mass is 16.5. The molecule has 19 heavy (non-hydrogen) atoms. The maximum absolute atomic E-state index is 5.66. The van der Waals surface area contributed by atoms with Crippen LogP contribution in [0.5, 0.6) is 0 Å². The molecule has 1 heterocycles. The van der Waals surface area contributed by atoms with Crippen LogP contribution in [-0.2, 0) is 4.74 Å². The van der Waals surface area contributed by atoms with Crippen molar-refractivity contribution in [3.63, 3.8) is 0 Å². The second-order valence-electron chi connectivity index (χ2n) is 6.37. The topological polar surface area (TPSA) is 12.5 Å². The van der Waals surface area contributed by atoms with Crippen LogP contribution in [-0.4, -0.2) is 37.2 Å². The number of ether oxygens (including phenoxy) is 1. The molecule has 0 saturated carbocycles. The van der Waals surface area contributed by atoms with E-state index in [0.717, 1.165) is 25.0 Å². The second-order valence-corrected chi connectivity index (χ2v) is 6.37. The molecule has 1 aliphatic heterocycles. The molecule has 2 heteroatoms. The van der Waals surface area contributed by atoms with E-state index >= 15 is 0 Å². The van der Waals surface area contributed by atoms with E-state index in [1.165, 1.54) is 45.1 Å². The minimum atomic E-state index is 0.335. The Morgan fingerprint density at radius 2 is 1.63 bits per heavy atom. The molecule has 0 N–H and O–H groups in total. The van der Waals surface area contributed by atoms with E-state index in [1.807, 2.05) is 0 Å². The van der Waals surface area contributed by atoms with E-state index in [1.54, 1.807) is 0 Å². The minimum absolute atomic E-state index is 0.335. The summed E-state index contributed by atoms with van der Waals surface area (Å²) in [4.78, 5) is 2.61. The van der Waals surface area contributed by atoms with Crippen molar-refractivity contribution in [1.82, 2.24) is 4.90 Å². The fourth-order valence-electron chi connectivity index (χ4n) is 3.90. The fourth-order valence-corrected chi connectivity index (χ4v) is 3.90. The van der Waals surface area contributed by atoms with Gasteiger partial charge in [-0.3, -0.25) is 4.90 Å². The first-order chi connectivity index (χ1) is 9.16. The van der Waals surface area contributed by atoms with Crippen LogP contribution in [0.25, 0.3) is 0 Å². The average Bonchev–Trinajstić information content (AvgIpc) is 2.34. The predicted molar refractivity (Wildman–Crippen MR) is 83.6 cm³/mol. The zero-order chi connectivity index (χ0) is 14.3. The van der Waals surface area contributed by atoms with Crippen LogP contribution in [0, 0.1) is 11.8 Å². The maximum atomic E-state index is 5.66. The van der Waals surface area contributed by atoms with Gasteiger partial charge in [-0.1, -0.05) is 53.4 Å². The van der Waals surface area contributed by atoms with Gasteiger partial charge in [0.15, 0.2) is 0 Å². The van der Waals surface area contributed by atoms with E-state index in [0.29, 0.717) is 5.54 Å². The first-order valence-electron chi connectivity index (χ1n) is 8.45. The standard InChI is InChI=1S/C17H35NO/c1-6-10-15(9-4)16(11-7-2)17(13-19-14-17)18(5)12-8-3/h15-16H,6-14H2,1-5H3. The van der Waals surface area contributed by atoms with E-state index in [-0.39, 0.29) is 0 Å². The van der Waals surface area contributed by atoms with Crippen molar-refractivity contribution >= 4 is 0 Å². The van der Waals surface area contributed by atoms with Crippen LogP contribution in [0.2, 0.25) is 0 Å². The number of hydrogen-bond donors (Lipinski definition) is 0. The van der Waals surface area contributed by atoms with Gasteiger partial charge in [0, 0.05) is 0 Å². The van der Waals surface area contributed by atoms with Crippen LogP contribution in [0.1, 0.15) is 66.2 Å². The molecule has 0 radical (unpaired) electrons. The third-order valence-corrected chi connectivity index (χ3v) is 5.07. The number of rotatable bonds is 10. The highest BCUT2D eigenvalue weighted by Gasteiger charge is 2.49. The first kappa shape index (κ1) is 17.0. The summed E-state index contributed by atoms with van der Waals surface area (Å²) in [5.41, 5.74) is 0.335. The monoisotopic (exact) mass is 269 g/mol. The van der Waals surface area contributed by atoms with E-state index in [9.17, 15) is 0 Å². The van der Waals surface area contributed by atoms with Crippen LogP contribution in [0.4, 0.5) is 0 Å². The van der Waals surface area contributed by atoms with Gasteiger partial charge in [-0.05, 0) is 38.3 Å². The van der Waals surface area contributed by atoms with Crippen molar-refractivity contribution in [2.75, 3.05) is 26.8 Å². The third-order valence-electron chi connectivity index (χ3n) is 5.07. The van der Waals surface area contributed by atoms with Gasteiger partial charge in [0.2, 0.25) is 0 Å². The lowest BCUT2D eigenvalue weighted by Gasteiger charge is -2.55. The summed E-state index contributed by atoms with van der Waals surface area (Å²) >= 11 is 0. The quantitative estimate of drug-likeness (QED) is 0.585. The molecule has 2 atom stereocenters. The third kappa shape index (κ3) is 3.72. The van der Waals surface area contributed by atoms with Crippen LogP contribution >= 0.6 is 0 Å². The molecule has 0 spiro atoms. The molecule has 0 aromatic heterocycles. The normalized spacial score (nSPS) is 21.2. The van der Waals surface area contributed by atoms with Gasteiger partial charge in [0.1, 0.15) is 0 Å². The van der Waals surface area contributed by atoms with Crippen molar-refractivity contribution < 1.29 is 4.74 Å². The molecule has 0 aromatic rings. The van der Waals surface area contributed by atoms with Crippen LogP contribution in [0.15, 0.2) is 0 Å². The predicted octanol–water partition coefficient (Wildman–Crippen LogP) is 4.34. The van der Waals surface area contributed by atoms with Crippen LogP contribution in [0.3, 0.4) is 0 Å². The number of likely N-dealkylation sites (N-methyl/N-ethyl adjacent to an activating group) is 1. The highest BCUT2D eigenvalue weighted by molar-refractivity contribution is 5.02. The molecular weight excluding hydrogens is 234 g/mol. The maximum Gasteiger partial charge on any atom is 0.0707 e. The van der Waals surface area contributed by atoms with Crippen molar-refractivity contribution in [1.29, 1.82) is 0 Å². The molecule has 1 rings (SSSR count). The zero-order valence-electron chi connectivity index (χ0n) is 13.9. The molecule has 1 saturated heterocycles. The second kappa shape index (κ2) is 8.26. The lowest BCUT2D eigenvalue weighted by molar-refractivity contribution is -0.174. The summed E-state index contributed by atoms with van der Waals surface area (Å²) in [6.07, 6.45) is 7.90. The summed E-state index contributed by atoms with van der Waals surface area (Å²) in [7, 11) is 2.31. The first-order valence-corrected chi connectivity index (χ1v) is 8.45. The molecule has 114 valence electrons. The Balaban J connectivity index is 2.86. The molecule has 0 bridgehead atoms. The van der Waals surface area contributed by atoms with Gasteiger partial charge < -0.3 is 4.74 Å².